The van der Waals surface area contributed by atoms with Gasteiger partial charge in [0, 0.05) is 31.2 Å². The highest BCUT2D eigenvalue weighted by Gasteiger charge is 2.26. The number of hydrogen-bond acceptors (Lipinski definition) is 4. The van der Waals surface area contributed by atoms with Crippen molar-refractivity contribution in [1.29, 1.82) is 5.26 Å². The third-order valence-corrected chi connectivity index (χ3v) is 5.83. The Balaban J connectivity index is 1.44. The zero-order chi connectivity index (χ0) is 19.5. The SMILES string of the molecule is C[C@@H]1CCCN1CCN1CCc2cc(Oc3ccccc3C#N)ccc2C1=O. The Morgan fingerprint density at radius 3 is 2.82 bits per heavy atom. The summed E-state index contributed by atoms with van der Waals surface area (Å²) in [5, 5.41) is 9.21. The zero-order valence-corrected chi connectivity index (χ0v) is 16.2. The first-order valence-electron chi connectivity index (χ1n) is 9.99. The summed E-state index contributed by atoms with van der Waals surface area (Å²) < 4.78 is 5.90. The van der Waals surface area contributed by atoms with E-state index >= 15 is 0 Å². The lowest BCUT2D eigenvalue weighted by atomic mass is 9.98. The third kappa shape index (κ3) is 3.74. The van der Waals surface area contributed by atoms with E-state index in [0.29, 0.717) is 23.1 Å². The van der Waals surface area contributed by atoms with Crippen LogP contribution in [0, 0.1) is 11.3 Å². The molecule has 1 saturated heterocycles. The molecule has 0 bridgehead atoms. The van der Waals surface area contributed by atoms with Crippen molar-refractivity contribution in [1.82, 2.24) is 9.80 Å². The molecule has 2 aliphatic heterocycles. The van der Waals surface area contributed by atoms with E-state index in [0.717, 1.165) is 43.7 Å². The summed E-state index contributed by atoms with van der Waals surface area (Å²) in [6.45, 7) is 5.90. The van der Waals surface area contributed by atoms with Gasteiger partial charge < -0.3 is 9.64 Å². The molecule has 2 aliphatic rings. The molecule has 5 nitrogen and oxygen atoms in total. The van der Waals surface area contributed by atoms with Gasteiger partial charge in [-0.05, 0) is 68.6 Å². The molecule has 2 aromatic carbocycles. The smallest absolute Gasteiger partial charge is 0.254 e. The largest absolute Gasteiger partial charge is 0.456 e. The molecule has 1 amide bonds. The fourth-order valence-corrected chi connectivity index (χ4v) is 4.14. The van der Waals surface area contributed by atoms with Crippen LogP contribution in [-0.4, -0.2) is 47.9 Å². The maximum Gasteiger partial charge on any atom is 0.254 e. The molecule has 1 fully saturated rings. The standard InChI is InChI=1S/C23H25N3O2/c1-17-5-4-11-25(17)13-14-26-12-10-18-15-20(8-9-21(18)23(26)27)28-22-7-3-2-6-19(22)16-24/h2-3,6-9,15,17H,4-5,10-14H2,1H3/t17-/m1/s1. The van der Waals surface area contributed by atoms with Crippen molar-refractivity contribution in [3.8, 4) is 17.6 Å². The average molecular weight is 375 g/mol. The van der Waals surface area contributed by atoms with Crippen LogP contribution in [-0.2, 0) is 6.42 Å². The summed E-state index contributed by atoms with van der Waals surface area (Å²) in [6.07, 6.45) is 3.35. The summed E-state index contributed by atoms with van der Waals surface area (Å²) in [5.74, 6) is 1.30. The van der Waals surface area contributed by atoms with Gasteiger partial charge in [-0.2, -0.15) is 5.26 Å². The molecule has 5 heteroatoms. The minimum absolute atomic E-state index is 0.108. The number of nitrogens with zero attached hydrogens (tertiary/aromatic N) is 3. The summed E-state index contributed by atoms with van der Waals surface area (Å²) in [5.41, 5.74) is 2.28. The number of amides is 1. The van der Waals surface area contributed by atoms with Crippen LogP contribution in [0.5, 0.6) is 11.5 Å². The van der Waals surface area contributed by atoms with Gasteiger partial charge in [0.1, 0.15) is 17.6 Å². The highest BCUT2D eigenvalue weighted by atomic mass is 16.5. The van der Waals surface area contributed by atoms with Gasteiger partial charge in [0.25, 0.3) is 5.91 Å². The van der Waals surface area contributed by atoms with Crippen molar-refractivity contribution in [2.75, 3.05) is 26.2 Å². The van der Waals surface area contributed by atoms with Crippen LogP contribution < -0.4 is 4.74 Å². The van der Waals surface area contributed by atoms with Gasteiger partial charge in [0.15, 0.2) is 0 Å². The second-order valence-corrected chi connectivity index (χ2v) is 7.60. The molecule has 2 heterocycles. The van der Waals surface area contributed by atoms with Gasteiger partial charge in [-0.15, -0.1) is 0 Å². The number of carbonyl (C=O) groups is 1. The normalized spacial score (nSPS) is 19.4. The van der Waals surface area contributed by atoms with Crippen LogP contribution in [0.15, 0.2) is 42.5 Å². The van der Waals surface area contributed by atoms with E-state index in [1.165, 1.54) is 12.8 Å². The molecular weight excluding hydrogens is 350 g/mol. The molecule has 1 atom stereocenters. The highest BCUT2D eigenvalue weighted by molar-refractivity contribution is 5.97. The molecule has 0 aromatic heterocycles. The molecule has 0 N–H and O–H groups in total. The monoisotopic (exact) mass is 375 g/mol. The van der Waals surface area contributed by atoms with Gasteiger partial charge in [0.05, 0.1) is 5.56 Å². The van der Waals surface area contributed by atoms with E-state index in [1.54, 1.807) is 12.1 Å². The Morgan fingerprint density at radius 2 is 2.04 bits per heavy atom. The van der Waals surface area contributed by atoms with Crippen LogP contribution in [0.4, 0.5) is 0 Å². The van der Waals surface area contributed by atoms with Gasteiger partial charge in [-0.25, -0.2) is 0 Å². The van der Waals surface area contributed by atoms with Crippen molar-refractivity contribution >= 4 is 5.91 Å². The first-order valence-corrected chi connectivity index (χ1v) is 9.99. The van der Waals surface area contributed by atoms with Gasteiger partial charge in [-0.1, -0.05) is 12.1 Å². The molecule has 0 saturated carbocycles. The molecule has 0 spiro atoms. The maximum atomic E-state index is 12.9. The first-order chi connectivity index (χ1) is 13.7. The molecule has 0 radical (unpaired) electrons. The van der Waals surface area contributed by atoms with E-state index in [9.17, 15) is 10.1 Å². The van der Waals surface area contributed by atoms with Crippen molar-refractivity contribution in [3.05, 3.63) is 59.2 Å². The number of fused-ring (bicyclic) bond motifs is 1. The minimum Gasteiger partial charge on any atom is -0.456 e. The van der Waals surface area contributed by atoms with E-state index in [-0.39, 0.29) is 5.91 Å². The molecule has 2 aromatic rings. The van der Waals surface area contributed by atoms with Crippen LogP contribution in [0.3, 0.4) is 0 Å². The van der Waals surface area contributed by atoms with Crippen molar-refractivity contribution in [2.45, 2.75) is 32.2 Å². The molecule has 4 rings (SSSR count). The van der Waals surface area contributed by atoms with Crippen molar-refractivity contribution in [3.63, 3.8) is 0 Å². The number of benzene rings is 2. The number of ether oxygens (including phenoxy) is 1. The third-order valence-electron chi connectivity index (χ3n) is 5.83. The summed E-state index contributed by atoms with van der Waals surface area (Å²) in [4.78, 5) is 17.3. The number of hydrogen-bond donors (Lipinski definition) is 0. The van der Waals surface area contributed by atoms with Crippen LogP contribution in [0.1, 0.15) is 41.3 Å². The topological polar surface area (TPSA) is 56.6 Å². The number of carbonyl (C=O) groups excluding carboxylic acids is 1. The molecule has 0 aliphatic carbocycles. The molecular formula is C23H25N3O2. The van der Waals surface area contributed by atoms with Crippen LogP contribution in [0.2, 0.25) is 0 Å². The second kappa shape index (κ2) is 8.04. The van der Waals surface area contributed by atoms with E-state index in [1.807, 2.05) is 35.2 Å². The first kappa shape index (κ1) is 18.5. The quantitative estimate of drug-likeness (QED) is 0.797. The van der Waals surface area contributed by atoms with E-state index < -0.39 is 0 Å². The van der Waals surface area contributed by atoms with Crippen molar-refractivity contribution < 1.29 is 9.53 Å². The van der Waals surface area contributed by atoms with Crippen LogP contribution >= 0.6 is 0 Å². The second-order valence-electron chi connectivity index (χ2n) is 7.60. The summed E-state index contributed by atoms with van der Waals surface area (Å²) >= 11 is 0. The predicted octanol–water partition coefficient (Wildman–Crippen LogP) is 3.83. The van der Waals surface area contributed by atoms with Gasteiger partial charge in [-0.3, -0.25) is 9.69 Å². The summed E-state index contributed by atoms with van der Waals surface area (Å²) in [7, 11) is 0. The Kier molecular flexibility index (Phi) is 5.31. The number of nitriles is 1. The Morgan fingerprint density at radius 1 is 1.18 bits per heavy atom. The number of rotatable bonds is 5. The molecule has 144 valence electrons. The lowest BCUT2D eigenvalue weighted by Crippen LogP contribution is -2.43. The Bertz CT molecular complexity index is 918. The lowest BCUT2D eigenvalue weighted by molar-refractivity contribution is 0.0716. The van der Waals surface area contributed by atoms with Crippen LogP contribution in [0.25, 0.3) is 0 Å². The summed E-state index contributed by atoms with van der Waals surface area (Å²) in [6, 6.07) is 15.5. The maximum absolute atomic E-state index is 12.9. The Hall–Kier alpha value is -2.84. The van der Waals surface area contributed by atoms with E-state index in [4.69, 9.17) is 4.74 Å². The molecule has 28 heavy (non-hydrogen) atoms. The fourth-order valence-electron chi connectivity index (χ4n) is 4.14. The predicted molar refractivity (Wildman–Crippen MR) is 108 cm³/mol. The highest BCUT2D eigenvalue weighted by Crippen LogP contribution is 2.29. The number of para-hydroxylation sites is 1. The molecule has 0 unspecified atom stereocenters. The zero-order valence-electron chi connectivity index (χ0n) is 16.2. The van der Waals surface area contributed by atoms with Gasteiger partial charge in [0.2, 0.25) is 0 Å². The number of likely N-dealkylation sites (tertiary alicyclic amines) is 1. The van der Waals surface area contributed by atoms with Gasteiger partial charge >= 0.3 is 0 Å². The Labute approximate surface area is 166 Å². The minimum atomic E-state index is 0.108. The van der Waals surface area contributed by atoms with E-state index in [2.05, 4.69) is 17.9 Å². The lowest BCUT2D eigenvalue weighted by Gasteiger charge is -2.31. The fraction of sp³-hybridized carbons (Fsp3) is 0.391. The van der Waals surface area contributed by atoms with Crippen molar-refractivity contribution in [2.24, 2.45) is 0 Å². The average Bonchev–Trinajstić information content (AvgIpc) is 3.13.